The van der Waals surface area contributed by atoms with Gasteiger partial charge in [0.25, 0.3) is 0 Å². The molecule has 1 saturated carbocycles. The first-order valence-electron chi connectivity index (χ1n) is 12.9. The number of benzene rings is 2. The fraction of sp³-hybridized carbons (Fsp3) is 0.444. The van der Waals surface area contributed by atoms with Gasteiger partial charge in [0.15, 0.2) is 0 Å². The third kappa shape index (κ3) is 4.31. The standard InChI is InChI=1S/C27H31FN5O2P/c28-22-10-9-18(15-24-19-5-1-2-6-20(19)27(34)32-31-24)16-25(22)36(35)13-11-33(12-14-36)26-21-7-3-4-8-23(21)29-17-30-26/h3-4,7-10,16-17,19-20,24,31H,1-2,5-6,11-15H2,(H,32,34). The highest BCUT2D eigenvalue weighted by Crippen LogP contribution is 2.48. The number of amides is 1. The van der Waals surface area contributed by atoms with Crippen LogP contribution in [0.1, 0.15) is 31.2 Å². The topological polar surface area (TPSA) is 87.2 Å². The molecule has 2 saturated heterocycles. The first-order valence-corrected chi connectivity index (χ1v) is 15.0. The fourth-order valence-electron chi connectivity index (χ4n) is 6.27. The van der Waals surface area contributed by atoms with E-state index in [0.717, 1.165) is 48.0 Å². The van der Waals surface area contributed by atoms with Crippen molar-refractivity contribution in [2.24, 2.45) is 11.8 Å². The summed E-state index contributed by atoms with van der Waals surface area (Å²) in [5.41, 5.74) is 7.88. The summed E-state index contributed by atoms with van der Waals surface area (Å²) in [5.74, 6) is 0.869. The molecule has 2 aliphatic heterocycles. The Morgan fingerprint density at radius 1 is 1.06 bits per heavy atom. The van der Waals surface area contributed by atoms with Crippen LogP contribution < -0.4 is 21.1 Å². The molecule has 1 aromatic heterocycles. The highest BCUT2D eigenvalue weighted by molar-refractivity contribution is 7.71. The molecule has 9 heteroatoms. The molecule has 3 aliphatic rings. The predicted octanol–water partition coefficient (Wildman–Crippen LogP) is 3.63. The zero-order chi connectivity index (χ0) is 24.7. The van der Waals surface area contributed by atoms with Gasteiger partial charge in [0, 0.05) is 48.1 Å². The maximum atomic E-state index is 15.0. The lowest BCUT2D eigenvalue weighted by atomic mass is 9.72. The second-order valence-corrected chi connectivity index (χ2v) is 13.5. The lowest BCUT2D eigenvalue weighted by Gasteiger charge is -2.41. The second kappa shape index (κ2) is 9.56. The number of hydrogen-bond acceptors (Lipinski definition) is 6. The van der Waals surface area contributed by atoms with Gasteiger partial charge < -0.3 is 9.46 Å². The lowest BCUT2D eigenvalue weighted by molar-refractivity contribution is -0.133. The molecular weight excluding hydrogens is 476 g/mol. The van der Waals surface area contributed by atoms with Crippen molar-refractivity contribution in [1.29, 1.82) is 0 Å². The van der Waals surface area contributed by atoms with E-state index in [9.17, 15) is 9.36 Å². The van der Waals surface area contributed by atoms with Crippen molar-refractivity contribution in [3.8, 4) is 0 Å². The van der Waals surface area contributed by atoms with Crippen LogP contribution in [0.25, 0.3) is 10.9 Å². The number of halogens is 1. The summed E-state index contributed by atoms with van der Waals surface area (Å²) in [7, 11) is -2.89. The normalized spacial score (nSPS) is 25.9. The predicted molar refractivity (Wildman–Crippen MR) is 139 cm³/mol. The van der Waals surface area contributed by atoms with E-state index in [-0.39, 0.29) is 29.6 Å². The molecule has 2 N–H and O–H groups in total. The first-order chi connectivity index (χ1) is 17.5. The molecule has 3 unspecified atom stereocenters. The maximum Gasteiger partial charge on any atom is 0.237 e. The minimum atomic E-state index is -2.89. The largest absolute Gasteiger partial charge is 0.355 e. The van der Waals surface area contributed by atoms with Gasteiger partial charge in [-0.3, -0.25) is 10.2 Å². The van der Waals surface area contributed by atoms with Gasteiger partial charge in [-0.25, -0.2) is 19.8 Å². The van der Waals surface area contributed by atoms with Gasteiger partial charge in [0.1, 0.15) is 25.1 Å². The van der Waals surface area contributed by atoms with Crippen molar-refractivity contribution in [2.45, 2.75) is 38.1 Å². The summed E-state index contributed by atoms with van der Waals surface area (Å²) >= 11 is 0. The number of nitrogens with zero attached hydrogens (tertiary/aromatic N) is 3. The molecule has 6 rings (SSSR count). The summed E-state index contributed by atoms with van der Waals surface area (Å²) in [4.78, 5) is 23.3. The van der Waals surface area contributed by atoms with Gasteiger partial charge in [-0.15, -0.1) is 0 Å². The molecule has 188 valence electrons. The Kier molecular flexibility index (Phi) is 6.26. The summed E-state index contributed by atoms with van der Waals surface area (Å²) in [6, 6.07) is 13.1. The quantitative estimate of drug-likeness (QED) is 0.525. The lowest BCUT2D eigenvalue weighted by Crippen LogP contribution is -2.60. The zero-order valence-corrected chi connectivity index (χ0v) is 21.1. The molecule has 1 aliphatic carbocycles. The molecule has 2 aromatic carbocycles. The van der Waals surface area contributed by atoms with Crippen LogP contribution in [0.4, 0.5) is 10.2 Å². The summed E-state index contributed by atoms with van der Waals surface area (Å²) in [6.45, 7) is 1.11. The Hall–Kier alpha value is -2.83. The van der Waals surface area contributed by atoms with Crippen molar-refractivity contribution in [3.63, 3.8) is 0 Å². The Balaban J connectivity index is 1.20. The summed E-state index contributed by atoms with van der Waals surface area (Å²) in [6.07, 6.45) is 7.23. The summed E-state index contributed by atoms with van der Waals surface area (Å²) in [5, 5.41) is 1.34. The van der Waals surface area contributed by atoms with Gasteiger partial charge >= 0.3 is 0 Å². The Labute approximate surface area is 210 Å². The molecule has 0 radical (unpaired) electrons. The first kappa shape index (κ1) is 23.6. The number of nitrogens with one attached hydrogen (secondary N) is 2. The number of hydrogen-bond donors (Lipinski definition) is 2. The summed E-state index contributed by atoms with van der Waals surface area (Å²) < 4.78 is 29.1. The van der Waals surface area contributed by atoms with E-state index in [1.807, 2.05) is 30.3 Å². The van der Waals surface area contributed by atoms with Crippen LogP contribution >= 0.6 is 7.14 Å². The minimum Gasteiger partial charge on any atom is -0.355 e. The Morgan fingerprint density at radius 3 is 2.72 bits per heavy atom. The monoisotopic (exact) mass is 507 g/mol. The van der Waals surface area contributed by atoms with Gasteiger partial charge in [-0.2, -0.15) is 0 Å². The van der Waals surface area contributed by atoms with E-state index in [1.54, 1.807) is 12.4 Å². The molecule has 3 heterocycles. The molecule has 0 spiro atoms. The zero-order valence-electron chi connectivity index (χ0n) is 20.2. The number of rotatable bonds is 4. The van der Waals surface area contributed by atoms with E-state index in [2.05, 4.69) is 25.7 Å². The average Bonchev–Trinajstić information content (AvgIpc) is 2.91. The van der Waals surface area contributed by atoms with Crippen LogP contribution in [-0.2, 0) is 15.8 Å². The molecule has 3 fully saturated rings. The molecule has 0 bridgehead atoms. The van der Waals surface area contributed by atoms with Crippen molar-refractivity contribution in [2.75, 3.05) is 30.3 Å². The number of fused-ring (bicyclic) bond motifs is 2. The number of carbonyl (C=O) groups excluding carboxylic acids is 1. The van der Waals surface area contributed by atoms with Crippen LogP contribution in [0.5, 0.6) is 0 Å². The van der Waals surface area contributed by atoms with E-state index < -0.39 is 7.14 Å². The molecule has 3 atom stereocenters. The van der Waals surface area contributed by atoms with Crippen molar-refractivity contribution >= 4 is 35.1 Å². The van der Waals surface area contributed by atoms with Gasteiger partial charge in [0.2, 0.25) is 5.91 Å². The van der Waals surface area contributed by atoms with Gasteiger partial charge in [-0.05, 0) is 55.0 Å². The molecule has 3 aromatic rings. The third-order valence-corrected chi connectivity index (χ3v) is 11.3. The maximum absolute atomic E-state index is 15.0. The number of anilines is 1. The van der Waals surface area contributed by atoms with E-state index in [4.69, 9.17) is 0 Å². The van der Waals surface area contributed by atoms with Crippen LogP contribution in [0, 0.1) is 17.7 Å². The van der Waals surface area contributed by atoms with E-state index in [1.165, 1.54) is 6.07 Å². The molecule has 7 nitrogen and oxygen atoms in total. The minimum absolute atomic E-state index is 0.0467. The highest BCUT2D eigenvalue weighted by atomic mass is 31.2. The van der Waals surface area contributed by atoms with Gasteiger partial charge in [0.05, 0.1) is 5.52 Å². The van der Waals surface area contributed by atoms with E-state index >= 15 is 4.39 Å². The molecular formula is C27H31FN5O2P. The van der Waals surface area contributed by atoms with Crippen LogP contribution in [0.15, 0.2) is 48.8 Å². The number of para-hydroxylation sites is 1. The fourth-order valence-corrected chi connectivity index (χ4v) is 8.97. The number of hydrazine groups is 1. The smallest absolute Gasteiger partial charge is 0.237 e. The van der Waals surface area contributed by atoms with Crippen molar-refractivity contribution in [1.82, 2.24) is 20.8 Å². The molecule has 36 heavy (non-hydrogen) atoms. The second-order valence-electron chi connectivity index (χ2n) is 10.3. The van der Waals surface area contributed by atoms with Crippen LogP contribution in [0.3, 0.4) is 0 Å². The number of aromatic nitrogens is 2. The van der Waals surface area contributed by atoms with Crippen LogP contribution in [0.2, 0.25) is 0 Å². The van der Waals surface area contributed by atoms with Crippen LogP contribution in [-0.4, -0.2) is 47.3 Å². The van der Waals surface area contributed by atoms with Crippen molar-refractivity contribution in [3.05, 3.63) is 60.2 Å². The SMILES string of the molecule is O=C1NNC(Cc2ccc(F)c(P3(=O)CCN(c4ncnc5ccccc45)CC3)c2)C2CCCCC12. The van der Waals surface area contributed by atoms with E-state index in [0.29, 0.717) is 37.1 Å². The Bertz CT molecular complexity index is 1330. The molecule has 1 amide bonds. The average molecular weight is 508 g/mol. The highest BCUT2D eigenvalue weighted by Gasteiger charge is 2.40. The third-order valence-electron chi connectivity index (χ3n) is 8.24. The number of carbonyl (C=O) groups is 1. The van der Waals surface area contributed by atoms with Gasteiger partial charge in [-0.1, -0.05) is 31.0 Å². The Morgan fingerprint density at radius 2 is 1.86 bits per heavy atom. The van der Waals surface area contributed by atoms with Crippen molar-refractivity contribution < 1.29 is 13.8 Å².